The third kappa shape index (κ3) is 5.31. The molecule has 132 valence electrons. The molecule has 0 aliphatic rings. The van der Waals surface area contributed by atoms with Gasteiger partial charge in [0.2, 0.25) is 0 Å². The first-order valence-corrected chi connectivity index (χ1v) is 9.50. The van der Waals surface area contributed by atoms with Gasteiger partial charge in [0, 0.05) is 46.8 Å². The van der Waals surface area contributed by atoms with Gasteiger partial charge in [0.25, 0.3) is 0 Å². The normalized spacial score (nSPS) is 12.9. The van der Waals surface area contributed by atoms with Crippen LogP contribution in [-0.2, 0) is 19.8 Å². The van der Waals surface area contributed by atoms with Gasteiger partial charge in [-0.3, -0.25) is 0 Å². The molecule has 1 aromatic heterocycles. The summed E-state index contributed by atoms with van der Waals surface area (Å²) in [6.07, 6.45) is 5.18. The van der Waals surface area contributed by atoms with Crippen molar-refractivity contribution in [3.63, 3.8) is 0 Å². The summed E-state index contributed by atoms with van der Waals surface area (Å²) in [7, 11) is 1.72. The van der Waals surface area contributed by atoms with Crippen LogP contribution in [0.5, 0.6) is 0 Å². The molecule has 0 aliphatic heterocycles. The van der Waals surface area contributed by atoms with Crippen LogP contribution < -0.4 is 10.6 Å². The van der Waals surface area contributed by atoms with Crippen LogP contribution in [0.2, 0.25) is 0 Å². The summed E-state index contributed by atoms with van der Waals surface area (Å²) in [5.41, 5.74) is -0.293. The summed E-state index contributed by atoms with van der Waals surface area (Å²) in [5.74, 6) is 0.969. The predicted molar refractivity (Wildman–Crippen MR) is 89.0 cm³/mol. The molecule has 0 spiro atoms. The van der Waals surface area contributed by atoms with E-state index >= 15 is 0 Å². The van der Waals surface area contributed by atoms with E-state index in [1.807, 2.05) is 24.6 Å². The summed E-state index contributed by atoms with van der Waals surface area (Å²) < 4.78 is 18.3. The van der Waals surface area contributed by atoms with Crippen molar-refractivity contribution in [3.05, 3.63) is 18.2 Å². The Labute approximate surface area is 138 Å². The first kappa shape index (κ1) is 19.6. The van der Waals surface area contributed by atoms with Crippen LogP contribution in [-0.4, -0.2) is 57.9 Å². The zero-order valence-electron chi connectivity index (χ0n) is 14.6. The number of urea groups is 1. The standard InChI is InChI=1S/C14H28N4O4Si/c1-6-13(23(20-3,21-4)22-5)17-14(19)16-8-7-10-18-11-9-15-12(18)2/h9,11,13H,6-8,10H2,1-5H3,(H2,16,17,19). The number of aromatic nitrogens is 2. The van der Waals surface area contributed by atoms with Gasteiger partial charge >= 0.3 is 14.8 Å². The van der Waals surface area contributed by atoms with Crippen LogP contribution in [0, 0.1) is 6.92 Å². The van der Waals surface area contributed by atoms with Gasteiger partial charge in [-0.1, -0.05) is 6.92 Å². The minimum Gasteiger partial charge on any atom is -0.376 e. The number of amides is 2. The molecule has 9 heteroatoms. The molecular weight excluding hydrogens is 316 g/mol. The number of nitrogens with one attached hydrogen (secondary N) is 2. The number of imidazole rings is 1. The lowest BCUT2D eigenvalue weighted by Gasteiger charge is -2.32. The molecule has 0 saturated heterocycles. The molecule has 8 nitrogen and oxygen atoms in total. The molecule has 23 heavy (non-hydrogen) atoms. The third-order valence-electron chi connectivity index (χ3n) is 3.78. The third-order valence-corrected chi connectivity index (χ3v) is 6.89. The zero-order chi connectivity index (χ0) is 17.3. The van der Waals surface area contributed by atoms with Crippen molar-refractivity contribution >= 4 is 14.8 Å². The first-order valence-electron chi connectivity index (χ1n) is 7.70. The Morgan fingerprint density at radius 1 is 1.35 bits per heavy atom. The summed E-state index contributed by atoms with van der Waals surface area (Å²) in [5, 5.41) is 5.73. The van der Waals surface area contributed by atoms with E-state index in [1.165, 1.54) is 21.3 Å². The highest BCUT2D eigenvalue weighted by molar-refractivity contribution is 6.62. The molecule has 2 amide bonds. The molecular formula is C14H28N4O4Si. The van der Waals surface area contributed by atoms with Crippen LogP contribution in [0.3, 0.4) is 0 Å². The highest BCUT2D eigenvalue weighted by atomic mass is 28.4. The van der Waals surface area contributed by atoms with Gasteiger partial charge in [0.05, 0.1) is 0 Å². The van der Waals surface area contributed by atoms with Crippen molar-refractivity contribution < 1.29 is 18.1 Å². The van der Waals surface area contributed by atoms with Crippen molar-refractivity contribution in [2.75, 3.05) is 27.9 Å². The number of rotatable bonds is 10. The lowest BCUT2D eigenvalue weighted by molar-refractivity contribution is 0.107. The second-order valence-corrected chi connectivity index (χ2v) is 8.23. The van der Waals surface area contributed by atoms with E-state index in [1.54, 1.807) is 6.20 Å². The van der Waals surface area contributed by atoms with Crippen LogP contribution in [0.15, 0.2) is 12.4 Å². The average Bonchev–Trinajstić information content (AvgIpc) is 2.97. The first-order chi connectivity index (χ1) is 11.0. The average molecular weight is 344 g/mol. The number of carbonyl (C=O) groups excluding carboxylic acids is 1. The lowest BCUT2D eigenvalue weighted by atomic mass is 10.4. The maximum Gasteiger partial charge on any atom is 0.523 e. The van der Waals surface area contributed by atoms with Crippen molar-refractivity contribution in [2.24, 2.45) is 0 Å². The molecule has 0 saturated carbocycles. The molecule has 2 N–H and O–H groups in total. The Morgan fingerprint density at radius 3 is 2.48 bits per heavy atom. The molecule has 1 unspecified atom stereocenters. The monoisotopic (exact) mass is 344 g/mol. The van der Waals surface area contributed by atoms with Gasteiger partial charge in [-0.05, 0) is 19.8 Å². The number of carbonyl (C=O) groups is 1. The van der Waals surface area contributed by atoms with Gasteiger partial charge in [-0.25, -0.2) is 9.78 Å². The van der Waals surface area contributed by atoms with Crippen molar-refractivity contribution in [2.45, 2.75) is 38.9 Å². The predicted octanol–water partition coefficient (Wildman–Crippen LogP) is 1.08. The maximum atomic E-state index is 12.0. The fourth-order valence-corrected chi connectivity index (χ4v) is 4.58. The lowest BCUT2D eigenvalue weighted by Crippen LogP contribution is -2.62. The van der Waals surface area contributed by atoms with Crippen LogP contribution in [0.4, 0.5) is 4.79 Å². The van der Waals surface area contributed by atoms with E-state index in [2.05, 4.69) is 15.6 Å². The van der Waals surface area contributed by atoms with Gasteiger partial charge in [-0.2, -0.15) is 0 Å². The quantitative estimate of drug-likeness (QED) is 0.490. The van der Waals surface area contributed by atoms with Gasteiger partial charge in [0.15, 0.2) is 0 Å². The second-order valence-electron chi connectivity index (χ2n) is 5.10. The van der Waals surface area contributed by atoms with E-state index in [4.69, 9.17) is 13.3 Å². The van der Waals surface area contributed by atoms with Crippen LogP contribution >= 0.6 is 0 Å². The molecule has 1 aromatic rings. The Balaban J connectivity index is 2.40. The van der Waals surface area contributed by atoms with E-state index in [0.717, 1.165) is 18.8 Å². The molecule has 0 aromatic carbocycles. The maximum absolute atomic E-state index is 12.0. The van der Waals surface area contributed by atoms with Gasteiger partial charge in [0.1, 0.15) is 11.5 Å². The van der Waals surface area contributed by atoms with Gasteiger partial charge in [-0.15, -0.1) is 0 Å². The fraction of sp³-hybridized carbons (Fsp3) is 0.714. The van der Waals surface area contributed by atoms with E-state index < -0.39 is 8.80 Å². The Hall–Kier alpha value is -1.42. The molecule has 1 atom stereocenters. The van der Waals surface area contributed by atoms with Crippen LogP contribution in [0.1, 0.15) is 25.6 Å². The largest absolute Gasteiger partial charge is 0.523 e. The number of hydrogen-bond donors (Lipinski definition) is 2. The van der Waals surface area contributed by atoms with E-state index in [-0.39, 0.29) is 11.7 Å². The molecule has 1 rings (SSSR count). The molecule has 0 fully saturated rings. The Bertz CT molecular complexity index is 471. The minimum absolute atomic E-state index is 0.248. The summed E-state index contributed by atoms with van der Waals surface area (Å²) in [6.45, 7) is 5.29. The molecule has 0 bridgehead atoms. The van der Waals surface area contributed by atoms with Crippen LogP contribution in [0.25, 0.3) is 0 Å². The summed E-state index contributed by atoms with van der Waals surface area (Å²) >= 11 is 0. The van der Waals surface area contributed by atoms with Crippen molar-refractivity contribution in [1.29, 1.82) is 0 Å². The highest BCUT2D eigenvalue weighted by Gasteiger charge is 2.47. The van der Waals surface area contributed by atoms with Crippen molar-refractivity contribution in [3.8, 4) is 0 Å². The fourth-order valence-electron chi connectivity index (χ4n) is 2.42. The van der Waals surface area contributed by atoms with Gasteiger partial charge < -0.3 is 28.5 Å². The Kier molecular flexibility index (Phi) is 8.24. The number of aryl methyl sites for hydroxylation is 2. The number of hydrogen-bond acceptors (Lipinski definition) is 5. The smallest absolute Gasteiger partial charge is 0.376 e. The van der Waals surface area contributed by atoms with E-state index in [9.17, 15) is 4.79 Å². The summed E-state index contributed by atoms with van der Waals surface area (Å²) in [4.78, 5) is 16.2. The Morgan fingerprint density at radius 2 is 2.00 bits per heavy atom. The second kappa shape index (κ2) is 9.66. The topological polar surface area (TPSA) is 86.6 Å². The highest BCUT2D eigenvalue weighted by Crippen LogP contribution is 2.14. The SMILES string of the molecule is CCC(NC(=O)NCCCn1ccnc1C)[Si](OC)(OC)OC. The van der Waals surface area contributed by atoms with E-state index in [0.29, 0.717) is 13.0 Å². The number of nitrogens with zero attached hydrogens (tertiary/aromatic N) is 2. The minimum atomic E-state index is -2.89. The zero-order valence-corrected chi connectivity index (χ0v) is 15.6. The summed E-state index contributed by atoms with van der Waals surface area (Å²) in [6, 6.07) is -0.248. The molecule has 0 aliphatic carbocycles. The van der Waals surface area contributed by atoms with Crippen molar-refractivity contribution in [1.82, 2.24) is 20.2 Å². The molecule has 1 heterocycles. The molecule has 0 radical (unpaired) electrons.